The van der Waals surface area contributed by atoms with Gasteiger partial charge >= 0.3 is 0 Å². The van der Waals surface area contributed by atoms with E-state index in [9.17, 15) is 4.79 Å². The van der Waals surface area contributed by atoms with Crippen LogP contribution in [-0.4, -0.2) is 41.1 Å². The summed E-state index contributed by atoms with van der Waals surface area (Å²) in [5.41, 5.74) is 1.82. The van der Waals surface area contributed by atoms with E-state index in [1.165, 1.54) is 18.4 Å². The molecular formula is C19H22N2O2S. The number of carbonyl (C=O) groups is 1. The normalized spacial score (nSPS) is 23.8. The molecule has 0 N–H and O–H groups in total. The van der Waals surface area contributed by atoms with Crippen molar-refractivity contribution in [3.63, 3.8) is 0 Å². The first kappa shape index (κ1) is 15.8. The Morgan fingerprint density at radius 3 is 2.96 bits per heavy atom. The highest BCUT2D eigenvalue weighted by Crippen LogP contribution is 2.29. The molecule has 2 aromatic rings. The number of carbonyl (C=O) groups excluding carboxylic acids is 1. The van der Waals surface area contributed by atoms with E-state index in [0.717, 1.165) is 24.3 Å². The molecule has 2 atom stereocenters. The van der Waals surface area contributed by atoms with Crippen LogP contribution in [-0.2, 0) is 11.2 Å². The maximum absolute atomic E-state index is 12.9. The van der Waals surface area contributed by atoms with E-state index in [0.29, 0.717) is 18.8 Å². The Hall–Kier alpha value is -1.72. The topological polar surface area (TPSA) is 42.4 Å². The number of thiazole rings is 1. The van der Waals surface area contributed by atoms with Gasteiger partial charge in [0, 0.05) is 18.3 Å². The van der Waals surface area contributed by atoms with Crippen LogP contribution in [0.5, 0.6) is 0 Å². The molecule has 1 aromatic carbocycles. The van der Waals surface area contributed by atoms with Crippen molar-refractivity contribution < 1.29 is 9.53 Å². The Labute approximate surface area is 146 Å². The number of amides is 1. The molecule has 0 radical (unpaired) electrons. The lowest BCUT2D eigenvalue weighted by Gasteiger charge is -2.43. The highest BCUT2D eigenvalue weighted by atomic mass is 32.1. The monoisotopic (exact) mass is 342 g/mol. The van der Waals surface area contributed by atoms with Gasteiger partial charge in [0.2, 0.25) is 0 Å². The van der Waals surface area contributed by atoms with Crippen molar-refractivity contribution in [1.29, 1.82) is 0 Å². The molecule has 126 valence electrons. The molecule has 0 spiro atoms. The van der Waals surface area contributed by atoms with Gasteiger partial charge in [-0.1, -0.05) is 43.2 Å². The largest absolute Gasteiger partial charge is 0.374 e. The number of aromatic nitrogens is 1. The number of benzene rings is 1. The first-order valence-electron chi connectivity index (χ1n) is 8.72. The fourth-order valence-corrected chi connectivity index (χ4v) is 4.56. The van der Waals surface area contributed by atoms with Crippen LogP contribution in [0.25, 0.3) is 0 Å². The Morgan fingerprint density at radius 1 is 1.25 bits per heavy atom. The summed E-state index contributed by atoms with van der Waals surface area (Å²) in [7, 11) is 0. The van der Waals surface area contributed by atoms with Gasteiger partial charge in [-0.2, -0.15) is 0 Å². The average molecular weight is 342 g/mol. The molecule has 5 heteroatoms. The van der Waals surface area contributed by atoms with Crippen molar-refractivity contribution in [1.82, 2.24) is 9.88 Å². The number of nitrogens with zero attached hydrogens (tertiary/aromatic N) is 2. The van der Waals surface area contributed by atoms with Crippen molar-refractivity contribution in [3.05, 3.63) is 52.0 Å². The van der Waals surface area contributed by atoms with Crippen LogP contribution in [0.15, 0.2) is 35.7 Å². The summed E-state index contributed by atoms with van der Waals surface area (Å²) in [5, 5.41) is 2.91. The molecule has 24 heavy (non-hydrogen) atoms. The summed E-state index contributed by atoms with van der Waals surface area (Å²) < 4.78 is 5.87. The van der Waals surface area contributed by atoms with Crippen molar-refractivity contribution in [2.24, 2.45) is 0 Å². The number of hydrogen-bond acceptors (Lipinski definition) is 4. The van der Waals surface area contributed by atoms with Gasteiger partial charge in [0.25, 0.3) is 5.91 Å². The standard InChI is InChI=1S/C19H22N2O2S/c22-19(21-10-11-23-17-9-5-4-8-16(17)21)15-13-24-18(20-15)12-14-6-2-1-3-7-14/h1-3,6-7,13,16-17H,4-5,8-12H2/t16-,17+/m1/s1. The molecule has 0 bridgehead atoms. The molecule has 0 unspecified atom stereocenters. The molecule has 4 rings (SSSR count). The maximum Gasteiger partial charge on any atom is 0.273 e. The molecule has 2 aliphatic rings. The van der Waals surface area contributed by atoms with Crippen LogP contribution in [0.4, 0.5) is 0 Å². The summed E-state index contributed by atoms with van der Waals surface area (Å²) >= 11 is 1.58. The summed E-state index contributed by atoms with van der Waals surface area (Å²) in [4.78, 5) is 19.5. The Morgan fingerprint density at radius 2 is 2.08 bits per heavy atom. The van der Waals surface area contributed by atoms with Gasteiger partial charge in [0.1, 0.15) is 5.69 Å². The van der Waals surface area contributed by atoms with Crippen molar-refractivity contribution >= 4 is 17.2 Å². The zero-order valence-electron chi connectivity index (χ0n) is 13.7. The third kappa shape index (κ3) is 3.23. The average Bonchev–Trinajstić information content (AvgIpc) is 3.10. The zero-order valence-corrected chi connectivity index (χ0v) is 14.5. The number of ether oxygens (including phenoxy) is 1. The Balaban J connectivity index is 1.48. The molecule has 1 aromatic heterocycles. The smallest absolute Gasteiger partial charge is 0.273 e. The van der Waals surface area contributed by atoms with Crippen LogP contribution in [0.1, 0.15) is 46.7 Å². The maximum atomic E-state index is 12.9. The molecular weight excluding hydrogens is 320 g/mol. The third-order valence-electron chi connectivity index (χ3n) is 4.96. The van der Waals surface area contributed by atoms with Gasteiger partial charge in [-0.3, -0.25) is 4.79 Å². The van der Waals surface area contributed by atoms with Gasteiger partial charge in [0.05, 0.1) is 23.8 Å². The lowest BCUT2D eigenvalue weighted by Crippen LogP contribution is -2.54. The fraction of sp³-hybridized carbons (Fsp3) is 0.474. The molecule has 1 saturated heterocycles. The Bertz CT molecular complexity index is 698. The van der Waals surface area contributed by atoms with Crippen LogP contribution < -0.4 is 0 Å². The van der Waals surface area contributed by atoms with Gasteiger partial charge in [-0.05, 0) is 18.4 Å². The quantitative estimate of drug-likeness (QED) is 0.857. The van der Waals surface area contributed by atoms with Crippen molar-refractivity contribution in [3.8, 4) is 0 Å². The fourth-order valence-electron chi connectivity index (χ4n) is 3.76. The van der Waals surface area contributed by atoms with Crippen LogP contribution >= 0.6 is 11.3 Å². The van der Waals surface area contributed by atoms with Crippen molar-refractivity contribution in [2.45, 2.75) is 44.2 Å². The van der Waals surface area contributed by atoms with E-state index in [1.54, 1.807) is 11.3 Å². The second-order valence-corrected chi connectivity index (χ2v) is 7.49. The zero-order chi connectivity index (χ0) is 16.4. The second kappa shape index (κ2) is 7.03. The van der Waals surface area contributed by atoms with E-state index >= 15 is 0 Å². The summed E-state index contributed by atoms with van der Waals surface area (Å²) in [6, 6.07) is 10.5. The highest BCUT2D eigenvalue weighted by Gasteiger charge is 2.37. The van der Waals surface area contributed by atoms with Gasteiger partial charge in [0.15, 0.2) is 0 Å². The van der Waals surface area contributed by atoms with E-state index < -0.39 is 0 Å². The van der Waals surface area contributed by atoms with E-state index in [1.807, 2.05) is 28.5 Å². The highest BCUT2D eigenvalue weighted by molar-refractivity contribution is 7.09. The Kier molecular flexibility index (Phi) is 4.63. The van der Waals surface area contributed by atoms with Crippen LogP contribution in [0.2, 0.25) is 0 Å². The van der Waals surface area contributed by atoms with Gasteiger partial charge in [-0.15, -0.1) is 11.3 Å². The SMILES string of the molecule is O=C(c1csc(Cc2ccccc2)n1)N1CCO[C@H]2CCCC[C@H]21. The molecule has 2 fully saturated rings. The number of rotatable bonds is 3. The lowest BCUT2D eigenvalue weighted by molar-refractivity contribution is -0.0754. The molecule has 1 amide bonds. The first-order valence-corrected chi connectivity index (χ1v) is 9.60. The summed E-state index contributed by atoms with van der Waals surface area (Å²) in [6.07, 6.45) is 5.53. The second-order valence-electron chi connectivity index (χ2n) is 6.55. The number of morpholine rings is 1. The molecule has 2 heterocycles. The third-order valence-corrected chi connectivity index (χ3v) is 5.81. The van der Waals surface area contributed by atoms with E-state index in [4.69, 9.17) is 4.74 Å². The summed E-state index contributed by atoms with van der Waals surface area (Å²) in [6.45, 7) is 1.33. The molecule has 1 saturated carbocycles. The lowest BCUT2D eigenvalue weighted by atomic mass is 9.90. The van der Waals surface area contributed by atoms with E-state index in [2.05, 4.69) is 17.1 Å². The van der Waals surface area contributed by atoms with Crippen LogP contribution in [0.3, 0.4) is 0 Å². The first-order chi connectivity index (χ1) is 11.8. The minimum absolute atomic E-state index is 0.0748. The summed E-state index contributed by atoms with van der Waals surface area (Å²) in [5.74, 6) is 0.0748. The molecule has 1 aliphatic carbocycles. The predicted octanol–water partition coefficient (Wildman–Crippen LogP) is 3.52. The number of fused-ring (bicyclic) bond motifs is 1. The van der Waals surface area contributed by atoms with Crippen LogP contribution in [0, 0.1) is 0 Å². The molecule has 4 nitrogen and oxygen atoms in total. The van der Waals surface area contributed by atoms with Crippen molar-refractivity contribution in [2.75, 3.05) is 13.2 Å². The van der Waals surface area contributed by atoms with E-state index in [-0.39, 0.29) is 18.1 Å². The minimum atomic E-state index is 0.0748. The molecule has 1 aliphatic heterocycles. The predicted molar refractivity (Wildman–Crippen MR) is 94.4 cm³/mol. The minimum Gasteiger partial charge on any atom is -0.374 e. The van der Waals surface area contributed by atoms with Gasteiger partial charge in [-0.25, -0.2) is 4.98 Å². The number of hydrogen-bond donors (Lipinski definition) is 0. The van der Waals surface area contributed by atoms with Gasteiger partial charge < -0.3 is 9.64 Å².